The summed E-state index contributed by atoms with van der Waals surface area (Å²) in [6.45, 7) is 5.40. The quantitative estimate of drug-likeness (QED) is 0.668. The van der Waals surface area contributed by atoms with E-state index in [1.165, 1.54) is 12.1 Å². The highest BCUT2D eigenvalue weighted by Crippen LogP contribution is 2.24. The third kappa shape index (κ3) is 4.91. The van der Waals surface area contributed by atoms with Gasteiger partial charge in [0, 0.05) is 31.9 Å². The summed E-state index contributed by atoms with van der Waals surface area (Å²) in [5, 5.41) is 3.14. The second-order valence-corrected chi connectivity index (χ2v) is 6.62. The van der Waals surface area contributed by atoms with E-state index in [4.69, 9.17) is 21.1 Å². The molecular formula is C17H20Cl2FN6O2-. The van der Waals surface area contributed by atoms with Crippen LogP contribution in [0.5, 0.6) is 0 Å². The van der Waals surface area contributed by atoms with Crippen LogP contribution in [-0.2, 0) is 9.47 Å². The van der Waals surface area contributed by atoms with E-state index in [1.807, 2.05) is 0 Å². The van der Waals surface area contributed by atoms with Crippen LogP contribution in [0.25, 0.3) is 0 Å². The molecule has 2 aliphatic heterocycles. The summed E-state index contributed by atoms with van der Waals surface area (Å²) in [7, 11) is 0. The average Bonchev–Trinajstić information content (AvgIpc) is 2.72. The minimum Gasteiger partial charge on any atom is -1.00 e. The van der Waals surface area contributed by atoms with Gasteiger partial charge in [0.1, 0.15) is 5.82 Å². The highest BCUT2D eigenvalue weighted by molar-refractivity contribution is 6.31. The fourth-order valence-corrected chi connectivity index (χ4v) is 3.10. The lowest BCUT2D eigenvalue weighted by Crippen LogP contribution is -3.00. The Morgan fingerprint density at radius 3 is 1.93 bits per heavy atom. The van der Waals surface area contributed by atoms with Crippen molar-refractivity contribution < 1.29 is 26.3 Å². The van der Waals surface area contributed by atoms with Crippen molar-refractivity contribution in [3.8, 4) is 0 Å². The lowest BCUT2D eigenvalue weighted by Gasteiger charge is -2.30. The largest absolute Gasteiger partial charge is 1.00 e. The van der Waals surface area contributed by atoms with Gasteiger partial charge < -0.3 is 37.0 Å². The molecule has 1 aromatic carbocycles. The van der Waals surface area contributed by atoms with E-state index in [9.17, 15) is 4.39 Å². The fourth-order valence-electron chi connectivity index (χ4n) is 2.92. The molecule has 0 spiro atoms. The molecule has 152 valence electrons. The Labute approximate surface area is 173 Å². The van der Waals surface area contributed by atoms with Crippen molar-refractivity contribution in [3.63, 3.8) is 0 Å². The molecule has 3 heterocycles. The van der Waals surface area contributed by atoms with Crippen LogP contribution in [0.1, 0.15) is 0 Å². The molecule has 2 saturated heterocycles. The molecule has 2 aromatic rings. The van der Waals surface area contributed by atoms with Crippen LogP contribution >= 0.6 is 11.6 Å². The minimum atomic E-state index is -0.471. The molecule has 0 amide bonds. The van der Waals surface area contributed by atoms with Gasteiger partial charge in [-0.2, -0.15) is 15.0 Å². The highest BCUT2D eigenvalue weighted by atomic mass is 35.5. The van der Waals surface area contributed by atoms with Crippen molar-refractivity contribution in [2.45, 2.75) is 0 Å². The van der Waals surface area contributed by atoms with E-state index in [0.717, 1.165) is 0 Å². The van der Waals surface area contributed by atoms with E-state index in [0.29, 0.717) is 76.1 Å². The monoisotopic (exact) mass is 429 g/mol. The lowest BCUT2D eigenvalue weighted by atomic mass is 10.3. The summed E-state index contributed by atoms with van der Waals surface area (Å²) in [6.07, 6.45) is 0. The first-order valence-electron chi connectivity index (χ1n) is 8.82. The number of morpholine rings is 2. The lowest BCUT2D eigenvalue weighted by molar-refractivity contribution is -0.00000764. The number of benzene rings is 1. The zero-order valence-electron chi connectivity index (χ0n) is 15.1. The third-order valence-corrected chi connectivity index (χ3v) is 4.67. The number of ether oxygens (including phenoxy) is 2. The van der Waals surface area contributed by atoms with Gasteiger partial charge in [-0.05, 0) is 18.2 Å². The van der Waals surface area contributed by atoms with E-state index < -0.39 is 5.82 Å². The molecule has 1 aromatic heterocycles. The first kappa shape index (κ1) is 20.8. The molecule has 2 aliphatic rings. The van der Waals surface area contributed by atoms with Gasteiger partial charge in [0.05, 0.1) is 31.5 Å². The van der Waals surface area contributed by atoms with Crippen LogP contribution < -0.4 is 27.5 Å². The standard InChI is InChI=1S/C17H20ClFN6O2.ClH/c18-13-11-12(1-2-14(13)19)20-15-21-16(24-3-7-26-8-4-24)23-17(22-15)25-5-9-27-10-6-25;/h1-2,11H,3-10H2,(H,20,21,22,23);1H/p-1. The van der Waals surface area contributed by atoms with Crippen molar-refractivity contribution in [1.82, 2.24) is 15.0 Å². The van der Waals surface area contributed by atoms with Gasteiger partial charge in [-0.3, -0.25) is 0 Å². The molecule has 8 nitrogen and oxygen atoms in total. The molecule has 0 saturated carbocycles. The van der Waals surface area contributed by atoms with E-state index in [2.05, 4.69) is 30.1 Å². The first-order chi connectivity index (χ1) is 13.2. The fraction of sp³-hybridized carbons (Fsp3) is 0.471. The number of nitrogens with zero attached hydrogens (tertiary/aromatic N) is 5. The number of halogens is 3. The average molecular weight is 430 g/mol. The topological polar surface area (TPSA) is 75.6 Å². The van der Waals surface area contributed by atoms with Gasteiger partial charge in [-0.15, -0.1) is 0 Å². The van der Waals surface area contributed by atoms with Crippen LogP contribution in [0, 0.1) is 5.82 Å². The number of hydrogen-bond acceptors (Lipinski definition) is 8. The maximum atomic E-state index is 13.4. The van der Waals surface area contributed by atoms with E-state index in [-0.39, 0.29) is 17.4 Å². The van der Waals surface area contributed by atoms with Crippen LogP contribution in [0.15, 0.2) is 18.2 Å². The Morgan fingerprint density at radius 2 is 1.43 bits per heavy atom. The van der Waals surface area contributed by atoms with Gasteiger partial charge in [-0.1, -0.05) is 11.6 Å². The van der Waals surface area contributed by atoms with Crippen LogP contribution in [0.3, 0.4) is 0 Å². The summed E-state index contributed by atoms with van der Waals surface area (Å²) >= 11 is 5.87. The number of hydrogen-bond donors (Lipinski definition) is 1. The van der Waals surface area contributed by atoms with Crippen molar-refractivity contribution in [2.24, 2.45) is 0 Å². The highest BCUT2D eigenvalue weighted by Gasteiger charge is 2.20. The smallest absolute Gasteiger partial charge is 0.233 e. The van der Waals surface area contributed by atoms with Crippen LogP contribution in [0.2, 0.25) is 5.02 Å². The maximum absolute atomic E-state index is 13.4. The molecule has 2 fully saturated rings. The van der Waals surface area contributed by atoms with Gasteiger partial charge in [0.15, 0.2) is 0 Å². The first-order valence-corrected chi connectivity index (χ1v) is 9.20. The Kier molecular flexibility index (Phi) is 7.06. The zero-order chi connectivity index (χ0) is 18.6. The second-order valence-electron chi connectivity index (χ2n) is 6.21. The Bertz CT molecular complexity index is 767. The summed E-state index contributed by atoms with van der Waals surface area (Å²) in [6, 6.07) is 4.40. The Morgan fingerprint density at radius 1 is 0.893 bits per heavy atom. The van der Waals surface area contributed by atoms with Crippen molar-refractivity contribution >= 4 is 35.1 Å². The Hall–Kier alpha value is -1.94. The van der Waals surface area contributed by atoms with Crippen molar-refractivity contribution in [1.29, 1.82) is 0 Å². The zero-order valence-corrected chi connectivity index (χ0v) is 16.6. The molecular weight excluding hydrogens is 410 g/mol. The summed E-state index contributed by atoms with van der Waals surface area (Å²) in [4.78, 5) is 17.9. The van der Waals surface area contributed by atoms with Crippen molar-refractivity contribution in [3.05, 3.63) is 29.0 Å². The number of aromatic nitrogens is 3. The molecule has 28 heavy (non-hydrogen) atoms. The number of rotatable bonds is 4. The summed E-state index contributed by atoms with van der Waals surface area (Å²) in [5.74, 6) is 1.09. The van der Waals surface area contributed by atoms with E-state index in [1.54, 1.807) is 6.07 Å². The van der Waals surface area contributed by atoms with Crippen molar-refractivity contribution in [2.75, 3.05) is 67.7 Å². The summed E-state index contributed by atoms with van der Waals surface area (Å²) in [5.41, 5.74) is 0.605. The molecule has 11 heteroatoms. The normalized spacial score (nSPS) is 17.2. The molecule has 0 aliphatic carbocycles. The predicted molar refractivity (Wildman–Crippen MR) is 101 cm³/mol. The predicted octanol–water partition coefficient (Wildman–Crippen LogP) is -0.915. The van der Waals surface area contributed by atoms with E-state index >= 15 is 0 Å². The second kappa shape index (κ2) is 9.51. The molecule has 0 unspecified atom stereocenters. The molecule has 4 rings (SSSR count). The van der Waals surface area contributed by atoms with Gasteiger partial charge in [-0.25, -0.2) is 4.39 Å². The minimum absolute atomic E-state index is 0. The van der Waals surface area contributed by atoms with Crippen LogP contribution in [-0.4, -0.2) is 67.6 Å². The third-order valence-electron chi connectivity index (χ3n) is 4.38. The molecule has 0 radical (unpaired) electrons. The maximum Gasteiger partial charge on any atom is 0.233 e. The van der Waals surface area contributed by atoms with Gasteiger partial charge in [0.2, 0.25) is 17.8 Å². The number of nitrogens with one attached hydrogen (secondary N) is 1. The Balaban J connectivity index is 0.00000225. The van der Waals surface area contributed by atoms with Gasteiger partial charge in [0.25, 0.3) is 0 Å². The SMILES string of the molecule is Fc1ccc(Nc2nc(N3CCOCC3)nc(N3CCOCC3)n2)cc1Cl.[Cl-]. The molecule has 0 atom stereocenters. The van der Waals surface area contributed by atoms with Crippen LogP contribution in [0.4, 0.5) is 27.9 Å². The summed E-state index contributed by atoms with van der Waals surface area (Å²) < 4.78 is 24.2. The molecule has 1 N–H and O–H groups in total. The number of anilines is 4. The van der Waals surface area contributed by atoms with Gasteiger partial charge >= 0.3 is 0 Å². The molecule has 0 bridgehead atoms.